The summed E-state index contributed by atoms with van der Waals surface area (Å²) in [4.78, 5) is 14.6. The number of carbonyl (C=O) groups excluding carboxylic acids is 1. The predicted molar refractivity (Wildman–Crippen MR) is 75.8 cm³/mol. The molecule has 2 heterocycles. The first-order valence-electron chi connectivity index (χ1n) is 7.33. The standard InChI is InChI=1S/C16H22N2O/c1-12-5-4-8-18(11-12)16(19)15-9-13-6-2-3-7-14(13)10-17-15/h2-3,6-7,12,15,17H,4-5,8-11H2,1H3/t12?,15-/m1/s1. The Bertz CT molecular complexity index is 472. The Morgan fingerprint density at radius 2 is 2.11 bits per heavy atom. The van der Waals surface area contributed by atoms with Crippen molar-refractivity contribution >= 4 is 5.91 Å². The summed E-state index contributed by atoms with van der Waals surface area (Å²) in [5.41, 5.74) is 2.66. The monoisotopic (exact) mass is 258 g/mol. The molecule has 3 nitrogen and oxygen atoms in total. The van der Waals surface area contributed by atoms with E-state index in [1.54, 1.807) is 0 Å². The fraction of sp³-hybridized carbons (Fsp3) is 0.562. The summed E-state index contributed by atoms with van der Waals surface area (Å²) in [5, 5.41) is 3.40. The fourth-order valence-electron chi connectivity index (χ4n) is 3.24. The summed E-state index contributed by atoms with van der Waals surface area (Å²) in [6.07, 6.45) is 3.24. The molecule has 1 saturated heterocycles. The molecule has 0 aliphatic carbocycles. The highest BCUT2D eigenvalue weighted by molar-refractivity contribution is 5.82. The minimum atomic E-state index is -0.0276. The Morgan fingerprint density at radius 1 is 1.32 bits per heavy atom. The lowest BCUT2D eigenvalue weighted by atomic mass is 9.94. The van der Waals surface area contributed by atoms with Gasteiger partial charge in [-0.3, -0.25) is 4.79 Å². The number of hydrogen-bond donors (Lipinski definition) is 1. The molecule has 1 fully saturated rings. The molecule has 3 rings (SSSR count). The molecule has 1 N–H and O–H groups in total. The normalized spacial score (nSPS) is 26.9. The molecule has 0 saturated carbocycles. The topological polar surface area (TPSA) is 32.3 Å². The maximum Gasteiger partial charge on any atom is 0.240 e. The van der Waals surface area contributed by atoms with Gasteiger partial charge in [-0.2, -0.15) is 0 Å². The second-order valence-corrected chi connectivity index (χ2v) is 5.94. The Balaban J connectivity index is 1.69. The van der Waals surface area contributed by atoms with Crippen molar-refractivity contribution in [1.82, 2.24) is 10.2 Å². The van der Waals surface area contributed by atoms with Crippen molar-refractivity contribution < 1.29 is 4.79 Å². The Hall–Kier alpha value is -1.35. The SMILES string of the molecule is CC1CCCN(C(=O)[C@H]2Cc3ccccc3CN2)C1. The van der Waals surface area contributed by atoms with Gasteiger partial charge in [-0.25, -0.2) is 0 Å². The van der Waals surface area contributed by atoms with Crippen LogP contribution in [0.3, 0.4) is 0 Å². The van der Waals surface area contributed by atoms with Crippen molar-refractivity contribution in [3.05, 3.63) is 35.4 Å². The van der Waals surface area contributed by atoms with E-state index in [4.69, 9.17) is 0 Å². The number of fused-ring (bicyclic) bond motifs is 1. The van der Waals surface area contributed by atoms with Gasteiger partial charge in [0.05, 0.1) is 6.04 Å². The van der Waals surface area contributed by atoms with Crippen molar-refractivity contribution in [2.24, 2.45) is 5.92 Å². The second-order valence-electron chi connectivity index (χ2n) is 5.94. The number of rotatable bonds is 1. The minimum absolute atomic E-state index is 0.0276. The fourth-order valence-corrected chi connectivity index (χ4v) is 3.24. The van der Waals surface area contributed by atoms with Gasteiger partial charge in [0, 0.05) is 19.6 Å². The zero-order chi connectivity index (χ0) is 13.2. The summed E-state index contributed by atoms with van der Waals surface area (Å²) < 4.78 is 0. The van der Waals surface area contributed by atoms with Gasteiger partial charge < -0.3 is 10.2 Å². The first kappa shape index (κ1) is 12.7. The van der Waals surface area contributed by atoms with Crippen LogP contribution in [0.25, 0.3) is 0 Å². The molecule has 1 amide bonds. The van der Waals surface area contributed by atoms with E-state index >= 15 is 0 Å². The van der Waals surface area contributed by atoms with Gasteiger partial charge in [-0.05, 0) is 36.3 Å². The predicted octanol–water partition coefficient (Wildman–Crippen LogP) is 1.96. The number of nitrogens with zero attached hydrogens (tertiary/aromatic N) is 1. The number of carbonyl (C=O) groups is 1. The number of hydrogen-bond acceptors (Lipinski definition) is 2. The van der Waals surface area contributed by atoms with Crippen LogP contribution in [0, 0.1) is 5.92 Å². The molecule has 3 heteroatoms. The highest BCUT2D eigenvalue weighted by Crippen LogP contribution is 2.20. The molecule has 0 aromatic heterocycles. The molecular formula is C16H22N2O. The lowest BCUT2D eigenvalue weighted by molar-refractivity contribution is -0.135. The number of likely N-dealkylation sites (tertiary alicyclic amines) is 1. The van der Waals surface area contributed by atoms with Gasteiger partial charge in [0.2, 0.25) is 5.91 Å². The molecule has 1 aromatic rings. The molecule has 0 radical (unpaired) electrons. The average molecular weight is 258 g/mol. The summed E-state index contributed by atoms with van der Waals surface area (Å²) in [5.74, 6) is 0.939. The summed E-state index contributed by atoms with van der Waals surface area (Å²) >= 11 is 0. The molecule has 102 valence electrons. The van der Waals surface area contributed by atoms with Crippen LogP contribution >= 0.6 is 0 Å². The molecular weight excluding hydrogens is 236 g/mol. The summed E-state index contributed by atoms with van der Waals surface area (Å²) in [6.45, 7) is 4.92. The molecule has 0 spiro atoms. The van der Waals surface area contributed by atoms with Crippen LogP contribution in [-0.4, -0.2) is 29.9 Å². The van der Waals surface area contributed by atoms with Crippen LogP contribution in [0.1, 0.15) is 30.9 Å². The molecule has 0 bridgehead atoms. The van der Waals surface area contributed by atoms with E-state index in [1.165, 1.54) is 17.5 Å². The smallest absolute Gasteiger partial charge is 0.240 e. The minimum Gasteiger partial charge on any atom is -0.341 e. The van der Waals surface area contributed by atoms with E-state index in [-0.39, 0.29) is 6.04 Å². The van der Waals surface area contributed by atoms with E-state index in [1.807, 2.05) is 0 Å². The van der Waals surface area contributed by atoms with Gasteiger partial charge in [0.15, 0.2) is 0 Å². The van der Waals surface area contributed by atoms with Crippen LogP contribution in [0.15, 0.2) is 24.3 Å². The van der Waals surface area contributed by atoms with Crippen LogP contribution in [0.4, 0.5) is 0 Å². The highest BCUT2D eigenvalue weighted by atomic mass is 16.2. The Morgan fingerprint density at radius 3 is 2.89 bits per heavy atom. The van der Waals surface area contributed by atoms with Gasteiger partial charge in [0.1, 0.15) is 0 Å². The first-order chi connectivity index (χ1) is 9.24. The number of nitrogens with one attached hydrogen (secondary N) is 1. The van der Waals surface area contributed by atoms with Crippen LogP contribution in [0.5, 0.6) is 0 Å². The van der Waals surface area contributed by atoms with Crippen molar-refractivity contribution in [2.75, 3.05) is 13.1 Å². The molecule has 1 unspecified atom stereocenters. The Labute approximate surface area is 115 Å². The van der Waals surface area contributed by atoms with Crippen molar-refractivity contribution in [3.8, 4) is 0 Å². The van der Waals surface area contributed by atoms with Crippen molar-refractivity contribution in [1.29, 1.82) is 0 Å². The van der Waals surface area contributed by atoms with Crippen molar-refractivity contribution in [3.63, 3.8) is 0 Å². The molecule has 2 aliphatic rings. The van der Waals surface area contributed by atoms with E-state index in [9.17, 15) is 4.79 Å². The third-order valence-electron chi connectivity index (χ3n) is 4.35. The third kappa shape index (κ3) is 2.66. The molecule has 2 aliphatic heterocycles. The van der Waals surface area contributed by atoms with Gasteiger partial charge in [-0.1, -0.05) is 31.2 Å². The van der Waals surface area contributed by atoms with E-state index in [2.05, 4.69) is 41.4 Å². The number of benzene rings is 1. The molecule has 2 atom stereocenters. The first-order valence-corrected chi connectivity index (χ1v) is 7.33. The van der Waals surface area contributed by atoms with E-state index in [0.29, 0.717) is 11.8 Å². The van der Waals surface area contributed by atoms with Crippen LogP contribution in [0.2, 0.25) is 0 Å². The quantitative estimate of drug-likeness (QED) is 0.835. The third-order valence-corrected chi connectivity index (χ3v) is 4.35. The molecule has 19 heavy (non-hydrogen) atoms. The average Bonchev–Trinajstić information content (AvgIpc) is 2.46. The zero-order valence-electron chi connectivity index (χ0n) is 11.6. The largest absolute Gasteiger partial charge is 0.341 e. The number of piperidine rings is 1. The van der Waals surface area contributed by atoms with Crippen molar-refractivity contribution in [2.45, 2.75) is 38.8 Å². The second kappa shape index (κ2) is 5.33. The summed E-state index contributed by atoms with van der Waals surface area (Å²) in [7, 11) is 0. The maximum atomic E-state index is 12.6. The van der Waals surface area contributed by atoms with Gasteiger partial charge in [-0.15, -0.1) is 0 Å². The summed E-state index contributed by atoms with van der Waals surface area (Å²) in [6, 6.07) is 8.39. The van der Waals surface area contributed by atoms with E-state index < -0.39 is 0 Å². The lowest BCUT2D eigenvalue weighted by Gasteiger charge is -2.35. The zero-order valence-corrected chi connectivity index (χ0v) is 11.6. The van der Waals surface area contributed by atoms with Gasteiger partial charge >= 0.3 is 0 Å². The molecule has 1 aromatic carbocycles. The van der Waals surface area contributed by atoms with Gasteiger partial charge in [0.25, 0.3) is 0 Å². The number of amides is 1. The van der Waals surface area contributed by atoms with Crippen LogP contribution < -0.4 is 5.32 Å². The highest BCUT2D eigenvalue weighted by Gasteiger charge is 2.29. The maximum absolute atomic E-state index is 12.6. The van der Waals surface area contributed by atoms with Crippen LogP contribution in [-0.2, 0) is 17.8 Å². The van der Waals surface area contributed by atoms with E-state index in [0.717, 1.165) is 32.5 Å². The lowest BCUT2D eigenvalue weighted by Crippen LogP contribution is -2.51. The Kier molecular flexibility index (Phi) is 3.56.